The largest absolute Gasteiger partial charge is 0.464 e. The number of nitrogens with two attached hydrogens (primary N) is 1. The zero-order valence-electron chi connectivity index (χ0n) is 28.5. The topological polar surface area (TPSA) is 191 Å². The highest BCUT2D eigenvalue weighted by Gasteiger charge is 2.52. The predicted octanol–water partition coefficient (Wildman–Crippen LogP) is 4.40. The zero-order chi connectivity index (χ0) is 37.8. The third-order valence-corrected chi connectivity index (χ3v) is 9.19. The number of carbonyl (C=O) groups is 6. The van der Waals surface area contributed by atoms with Gasteiger partial charge in [0.1, 0.15) is 18.3 Å². The summed E-state index contributed by atoms with van der Waals surface area (Å²) in [5, 5.41) is 26.9. The van der Waals surface area contributed by atoms with Crippen molar-refractivity contribution in [3.63, 3.8) is 0 Å². The van der Waals surface area contributed by atoms with Crippen molar-refractivity contribution in [2.75, 3.05) is 13.6 Å². The van der Waals surface area contributed by atoms with Crippen molar-refractivity contribution in [3.05, 3.63) is 155 Å². The molecule has 5 amide bonds. The first-order valence-corrected chi connectivity index (χ1v) is 16.6. The lowest BCUT2D eigenvalue weighted by Crippen LogP contribution is -2.62. The molecular formula is C40H35N5O8. The lowest BCUT2D eigenvalue weighted by atomic mass is 9.95. The lowest BCUT2D eigenvalue weighted by molar-refractivity contribution is -0.130. The summed E-state index contributed by atoms with van der Waals surface area (Å²) in [5.74, 6) is -2.45. The molecule has 3 unspecified atom stereocenters. The number of urea groups is 1. The van der Waals surface area contributed by atoms with Gasteiger partial charge in [0.25, 0.3) is 0 Å². The average Bonchev–Trinajstić information content (AvgIpc) is 3.44. The Bertz CT molecular complexity index is 2230. The van der Waals surface area contributed by atoms with E-state index in [0.717, 1.165) is 37.5 Å². The minimum atomic E-state index is -1.26. The van der Waals surface area contributed by atoms with Crippen LogP contribution in [0, 0.1) is 0 Å². The Labute approximate surface area is 303 Å². The van der Waals surface area contributed by atoms with Crippen molar-refractivity contribution < 1.29 is 39.0 Å². The summed E-state index contributed by atoms with van der Waals surface area (Å²) in [4.78, 5) is 73.9. The molecule has 7 rings (SSSR count). The van der Waals surface area contributed by atoms with E-state index >= 15 is 0 Å². The van der Waals surface area contributed by atoms with E-state index < -0.39 is 47.9 Å². The molecule has 13 heteroatoms. The third-order valence-electron chi connectivity index (χ3n) is 9.19. The maximum Gasteiger partial charge on any atom is 0.428 e. The van der Waals surface area contributed by atoms with Crippen molar-refractivity contribution >= 4 is 46.3 Å². The number of piperazine rings is 1. The van der Waals surface area contributed by atoms with E-state index in [0.29, 0.717) is 0 Å². The quantitative estimate of drug-likeness (QED) is 0.134. The number of benzene rings is 5. The van der Waals surface area contributed by atoms with Gasteiger partial charge >= 0.3 is 12.1 Å². The molecule has 2 aliphatic rings. The fourth-order valence-electron chi connectivity index (χ4n) is 6.51. The molecule has 0 radical (unpaired) electrons. The lowest BCUT2D eigenvalue weighted by Gasteiger charge is -2.36. The van der Waals surface area contributed by atoms with Crippen LogP contribution in [0.3, 0.4) is 0 Å². The van der Waals surface area contributed by atoms with E-state index in [1.807, 2.05) is 66.7 Å². The number of hydrogen-bond donors (Lipinski definition) is 4. The number of carboxylic acid groups (broad SMARTS) is 1. The van der Waals surface area contributed by atoms with E-state index in [2.05, 4.69) is 5.32 Å². The number of rotatable bonds is 8. The molecular weight excluding hydrogens is 678 g/mol. The maximum atomic E-state index is 12.8. The average molecular weight is 714 g/mol. The molecule has 13 nitrogen and oxygen atoms in total. The van der Waals surface area contributed by atoms with E-state index in [1.165, 1.54) is 24.1 Å². The highest BCUT2D eigenvalue weighted by atomic mass is 16.4. The molecule has 5 N–H and O–H groups in total. The minimum absolute atomic E-state index is 0.0313. The third kappa shape index (κ3) is 7.32. The standard InChI is InChI=1S/C25H24N4O5.C15H11NO3/c1-27-24(32)28-20(23(31)26-14-21(28)29(27)25(33)34)12-15-7-8-16-9-10-18(13-19(16)11-15)22(30)17-5-3-2-4-6-17;16-15(19)12-9-5-4-8-11(12)14(18)13(17)10-6-2-1-3-7-10/h2-11,13,20-22,30H,12,14H2,1H3,(H,26,31)(H,33,34);1-9H,(H2,16,19). The van der Waals surface area contributed by atoms with Crippen LogP contribution >= 0.6 is 0 Å². The molecule has 2 heterocycles. The highest BCUT2D eigenvalue weighted by molar-refractivity contribution is 6.50. The first-order valence-electron chi connectivity index (χ1n) is 16.6. The molecule has 5 aromatic rings. The van der Waals surface area contributed by atoms with Crippen LogP contribution in [0.15, 0.2) is 121 Å². The first-order chi connectivity index (χ1) is 25.5. The number of nitrogens with one attached hydrogen (secondary N) is 1. The summed E-state index contributed by atoms with van der Waals surface area (Å²) < 4.78 is 0. The Morgan fingerprint density at radius 3 is 2.06 bits per heavy atom. The van der Waals surface area contributed by atoms with E-state index in [1.54, 1.807) is 42.5 Å². The molecule has 0 bridgehead atoms. The van der Waals surface area contributed by atoms with Crippen LogP contribution in [0.5, 0.6) is 0 Å². The van der Waals surface area contributed by atoms with Crippen molar-refractivity contribution in [1.29, 1.82) is 0 Å². The number of carbonyl (C=O) groups excluding carboxylic acids is 5. The molecule has 0 saturated carbocycles. The van der Waals surface area contributed by atoms with Gasteiger partial charge in [-0.2, -0.15) is 5.01 Å². The minimum Gasteiger partial charge on any atom is -0.464 e. The van der Waals surface area contributed by atoms with E-state index in [-0.39, 0.29) is 35.6 Å². The van der Waals surface area contributed by atoms with Gasteiger partial charge in [-0.3, -0.25) is 24.1 Å². The van der Waals surface area contributed by atoms with Crippen LogP contribution in [0.1, 0.15) is 53.9 Å². The summed E-state index contributed by atoms with van der Waals surface area (Å²) in [6.07, 6.45) is -2.57. The molecule has 2 aliphatic heterocycles. The van der Waals surface area contributed by atoms with Crippen molar-refractivity contribution in [1.82, 2.24) is 20.2 Å². The highest BCUT2D eigenvalue weighted by Crippen LogP contribution is 2.30. The zero-order valence-corrected chi connectivity index (χ0v) is 28.5. The Hall–Kier alpha value is -6.86. The number of amides is 5. The fourth-order valence-corrected chi connectivity index (χ4v) is 6.51. The van der Waals surface area contributed by atoms with Gasteiger partial charge in [0.2, 0.25) is 23.4 Å². The first kappa shape index (κ1) is 35.9. The van der Waals surface area contributed by atoms with E-state index in [4.69, 9.17) is 5.73 Å². The maximum absolute atomic E-state index is 12.8. The number of aliphatic hydroxyl groups is 1. The number of ketones is 2. The van der Waals surface area contributed by atoms with Gasteiger partial charge in [-0.15, -0.1) is 0 Å². The van der Waals surface area contributed by atoms with Crippen LogP contribution in [-0.2, 0) is 11.2 Å². The Kier molecular flexibility index (Phi) is 10.3. The number of fused-ring (bicyclic) bond motifs is 2. The van der Waals surface area contributed by atoms with Gasteiger partial charge in [0.15, 0.2) is 0 Å². The summed E-state index contributed by atoms with van der Waals surface area (Å²) in [6.45, 7) is 0.0379. The van der Waals surface area contributed by atoms with Crippen LogP contribution in [-0.4, -0.2) is 86.4 Å². The molecule has 0 aromatic heterocycles. The summed E-state index contributed by atoms with van der Waals surface area (Å²) >= 11 is 0. The van der Waals surface area contributed by atoms with Gasteiger partial charge in [-0.1, -0.05) is 109 Å². The summed E-state index contributed by atoms with van der Waals surface area (Å²) in [6, 6.07) is 33.7. The Morgan fingerprint density at radius 2 is 1.40 bits per heavy atom. The predicted molar refractivity (Wildman–Crippen MR) is 194 cm³/mol. The molecule has 0 aliphatic carbocycles. The summed E-state index contributed by atoms with van der Waals surface area (Å²) in [7, 11) is 1.38. The number of nitrogens with zero attached hydrogens (tertiary/aromatic N) is 3. The number of aliphatic hydroxyl groups excluding tert-OH is 1. The molecule has 0 spiro atoms. The number of hydrazine groups is 1. The summed E-state index contributed by atoms with van der Waals surface area (Å²) in [5.41, 5.74) is 7.92. The molecule has 2 fully saturated rings. The molecule has 268 valence electrons. The monoisotopic (exact) mass is 713 g/mol. The van der Waals surface area contributed by atoms with Crippen LogP contribution < -0.4 is 11.1 Å². The number of Topliss-reactive ketones (excluding diaryl/α,β-unsaturated/α-hetero) is 2. The van der Waals surface area contributed by atoms with Gasteiger partial charge in [0, 0.05) is 24.6 Å². The fraction of sp³-hybridized carbons (Fsp3) is 0.150. The molecule has 2 saturated heterocycles. The van der Waals surface area contributed by atoms with Crippen molar-refractivity contribution in [2.24, 2.45) is 5.73 Å². The smallest absolute Gasteiger partial charge is 0.428 e. The second kappa shape index (κ2) is 15.2. The Morgan fingerprint density at radius 1 is 0.774 bits per heavy atom. The van der Waals surface area contributed by atoms with Gasteiger partial charge in [0.05, 0.1) is 12.1 Å². The molecule has 5 aromatic carbocycles. The van der Waals surface area contributed by atoms with Gasteiger partial charge in [-0.25, -0.2) is 14.6 Å². The van der Waals surface area contributed by atoms with Crippen LogP contribution in [0.25, 0.3) is 10.8 Å². The SMILES string of the molecule is CN1C(=O)N2C(Cc3ccc4ccc(C(O)c5ccccc5)cc4c3)C(=O)NCC2N1C(=O)O.NC(=O)c1ccccc1C(=O)C(=O)c1ccccc1. The van der Waals surface area contributed by atoms with Crippen molar-refractivity contribution in [2.45, 2.75) is 24.7 Å². The number of primary amides is 1. The van der Waals surface area contributed by atoms with Crippen molar-refractivity contribution in [3.8, 4) is 0 Å². The van der Waals surface area contributed by atoms with Crippen LogP contribution in [0.4, 0.5) is 9.59 Å². The second-order valence-corrected chi connectivity index (χ2v) is 12.5. The normalized spacial score (nSPS) is 17.0. The second-order valence-electron chi connectivity index (χ2n) is 12.5. The molecule has 53 heavy (non-hydrogen) atoms. The number of hydrogen-bond acceptors (Lipinski definition) is 7. The van der Waals surface area contributed by atoms with E-state index in [9.17, 15) is 39.0 Å². The van der Waals surface area contributed by atoms with Gasteiger partial charge in [-0.05, 0) is 39.6 Å². The van der Waals surface area contributed by atoms with Crippen LogP contribution in [0.2, 0.25) is 0 Å². The molecule has 3 atom stereocenters. The Balaban J connectivity index is 0.000000214. The van der Waals surface area contributed by atoms with Gasteiger partial charge < -0.3 is 21.3 Å².